The van der Waals surface area contributed by atoms with E-state index in [2.05, 4.69) is 0 Å². The van der Waals surface area contributed by atoms with Crippen molar-refractivity contribution in [2.45, 2.75) is 0 Å². The molecule has 0 bridgehead atoms. The molecular formula is C8H10N2O2. The lowest BCUT2D eigenvalue weighted by molar-refractivity contribution is -0.104. The molecule has 1 aromatic rings. The van der Waals surface area contributed by atoms with Crippen molar-refractivity contribution in [1.82, 2.24) is 9.13 Å². The van der Waals surface area contributed by atoms with E-state index in [9.17, 15) is 9.59 Å². The summed E-state index contributed by atoms with van der Waals surface area (Å²) < 4.78 is 2.93. The largest absolute Gasteiger partial charge is 0.328 e. The Balaban J connectivity index is 3.18. The number of carbonyl (C=O) groups excluding carboxylic acids is 1. The molecule has 4 heteroatoms. The zero-order valence-electron chi connectivity index (χ0n) is 7.02. The van der Waals surface area contributed by atoms with Crippen molar-refractivity contribution in [3.63, 3.8) is 0 Å². The minimum atomic E-state index is -0.0967. The number of hydrogen-bond acceptors (Lipinski definition) is 2. The molecular weight excluding hydrogens is 156 g/mol. The number of hydrogen-bond donors (Lipinski definition) is 0. The van der Waals surface area contributed by atoms with Gasteiger partial charge in [-0.3, -0.25) is 9.36 Å². The van der Waals surface area contributed by atoms with E-state index in [4.69, 9.17) is 0 Å². The van der Waals surface area contributed by atoms with Gasteiger partial charge in [0.1, 0.15) is 6.29 Å². The Morgan fingerprint density at radius 3 is 2.50 bits per heavy atom. The van der Waals surface area contributed by atoms with Crippen LogP contribution >= 0.6 is 0 Å². The molecule has 1 heterocycles. The number of nitrogens with zero attached hydrogens (tertiary/aromatic N) is 2. The maximum Gasteiger partial charge on any atom is 0.328 e. The van der Waals surface area contributed by atoms with E-state index in [1.165, 1.54) is 15.2 Å². The third-order valence-electron chi connectivity index (χ3n) is 1.65. The molecule has 1 aromatic heterocycles. The van der Waals surface area contributed by atoms with Crippen LogP contribution in [0.4, 0.5) is 0 Å². The third-order valence-corrected chi connectivity index (χ3v) is 1.65. The fourth-order valence-electron chi connectivity index (χ4n) is 0.980. The first-order chi connectivity index (χ1) is 5.66. The number of aryl methyl sites for hydroxylation is 1. The highest BCUT2D eigenvalue weighted by molar-refractivity contribution is 5.72. The summed E-state index contributed by atoms with van der Waals surface area (Å²) in [5.74, 6) is 0. The monoisotopic (exact) mass is 166 g/mol. The van der Waals surface area contributed by atoms with Gasteiger partial charge in [-0.15, -0.1) is 0 Å². The van der Waals surface area contributed by atoms with Crippen molar-refractivity contribution in [2.75, 3.05) is 0 Å². The van der Waals surface area contributed by atoms with Crippen LogP contribution in [0.2, 0.25) is 0 Å². The number of aldehydes is 1. The van der Waals surface area contributed by atoms with Crippen LogP contribution in [0.5, 0.6) is 0 Å². The second-order valence-corrected chi connectivity index (χ2v) is 2.50. The van der Waals surface area contributed by atoms with Crippen LogP contribution in [0.25, 0.3) is 6.08 Å². The van der Waals surface area contributed by atoms with Crippen LogP contribution in [0, 0.1) is 0 Å². The van der Waals surface area contributed by atoms with Crippen molar-refractivity contribution >= 4 is 12.4 Å². The van der Waals surface area contributed by atoms with Gasteiger partial charge in [-0.2, -0.15) is 0 Å². The van der Waals surface area contributed by atoms with Crippen LogP contribution < -0.4 is 5.69 Å². The van der Waals surface area contributed by atoms with Gasteiger partial charge in [0.2, 0.25) is 0 Å². The molecule has 0 radical (unpaired) electrons. The Morgan fingerprint density at radius 1 is 1.42 bits per heavy atom. The van der Waals surface area contributed by atoms with E-state index in [0.29, 0.717) is 6.29 Å². The van der Waals surface area contributed by atoms with Gasteiger partial charge >= 0.3 is 5.69 Å². The predicted molar refractivity (Wildman–Crippen MR) is 45.8 cm³/mol. The molecule has 0 N–H and O–H groups in total. The minimum Gasteiger partial charge on any atom is -0.302 e. The molecule has 0 aliphatic carbocycles. The van der Waals surface area contributed by atoms with Crippen molar-refractivity contribution in [1.29, 1.82) is 0 Å². The molecule has 0 fully saturated rings. The molecule has 0 saturated heterocycles. The first-order valence-corrected chi connectivity index (χ1v) is 3.51. The topological polar surface area (TPSA) is 44.0 Å². The van der Waals surface area contributed by atoms with Gasteiger partial charge in [0.15, 0.2) is 0 Å². The first-order valence-electron chi connectivity index (χ1n) is 3.51. The molecule has 4 nitrogen and oxygen atoms in total. The van der Waals surface area contributed by atoms with Crippen LogP contribution in [0.15, 0.2) is 17.1 Å². The lowest BCUT2D eigenvalue weighted by Crippen LogP contribution is -2.19. The summed E-state index contributed by atoms with van der Waals surface area (Å²) in [6.45, 7) is 0. The molecule has 0 saturated carbocycles. The summed E-state index contributed by atoms with van der Waals surface area (Å²) in [6.07, 6.45) is 5.29. The van der Waals surface area contributed by atoms with Gasteiger partial charge in [-0.05, 0) is 12.2 Å². The van der Waals surface area contributed by atoms with Crippen LogP contribution in [-0.4, -0.2) is 15.4 Å². The van der Waals surface area contributed by atoms with Crippen molar-refractivity contribution in [3.8, 4) is 0 Å². The van der Waals surface area contributed by atoms with Gasteiger partial charge in [-0.25, -0.2) is 4.79 Å². The molecule has 0 spiro atoms. The Labute approximate surface area is 69.7 Å². The van der Waals surface area contributed by atoms with Crippen molar-refractivity contribution in [3.05, 3.63) is 28.5 Å². The summed E-state index contributed by atoms with van der Waals surface area (Å²) in [5, 5.41) is 0. The van der Waals surface area contributed by atoms with E-state index in [1.807, 2.05) is 0 Å². The standard InChI is InChI=1S/C8H10N2O2/c1-9-6-7(4-3-5-11)10(2)8(9)12/h3-6H,1-2H3/b4-3+. The van der Waals surface area contributed by atoms with E-state index >= 15 is 0 Å². The minimum absolute atomic E-state index is 0.0967. The lowest BCUT2D eigenvalue weighted by Gasteiger charge is -1.89. The summed E-state index contributed by atoms with van der Waals surface area (Å²) in [7, 11) is 3.33. The second kappa shape index (κ2) is 3.21. The second-order valence-electron chi connectivity index (χ2n) is 2.50. The number of allylic oxidation sites excluding steroid dienone is 1. The molecule has 0 unspecified atom stereocenters. The summed E-state index contributed by atoms with van der Waals surface area (Å²) >= 11 is 0. The fraction of sp³-hybridized carbons (Fsp3) is 0.250. The van der Waals surface area contributed by atoms with Gasteiger partial charge < -0.3 is 4.57 Å². The van der Waals surface area contributed by atoms with E-state index < -0.39 is 0 Å². The average molecular weight is 166 g/mol. The van der Waals surface area contributed by atoms with Crippen molar-refractivity contribution in [2.24, 2.45) is 14.1 Å². The Kier molecular flexibility index (Phi) is 2.28. The maximum atomic E-state index is 11.2. The number of rotatable bonds is 2. The molecule has 0 atom stereocenters. The SMILES string of the molecule is Cn1cc(/C=C/C=O)n(C)c1=O. The number of aromatic nitrogens is 2. The van der Waals surface area contributed by atoms with Crippen molar-refractivity contribution < 1.29 is 4.79 Å². The molecule has 12 heavy (non-hydrogen) atoms. The summed E-state index contributed by atoms with van der Waals surface area (Å²) in [4.78, 5) is 21.2. The van der Waals surface area contributed by atoms with E-state index in [0.717, 1.165) is 5.69 Å². The molecule has 0 aliphatic rings. The molecule has 0 amide bonds. The lowest BCUT2D eigenvalue weighted by atomic mass is 10.4. The third kappa shape index (κ3) is 1.37. The summed E-state index contributed by atoms with van der Waals surface area (Å²) in [5.41, 5.74) is 0.621. The average Bonchev–Trinajstić information content (AvgIpc) is 2.30. The quantitative estimate of drug-likeness (QED) is 0.456. The maximum absolute atomic E-state index is 11.2. The smallest absolute Gasteiger partial charge is 0.302 e. The highest BCUT2D eigenvalue weighted by atomic mass is 16.1. The number of imidazole rings is 1. The molecule has 0 aliphatic heterocycles. The fourth-order valence-corrected chi connectivity index (χ4v) is 0.980. The Morgan fingerprint density at radius 2 is 2.08 bits per heavy atom. The predicted octanol–water partition coefficient (Wildman–Crippen LogP) is -0.0641. The van der Waals surface area contributed by atoms with E-state index in [1.54, 1.807) is 26.4 Å². The van der Waals surface area contributed by atoms with Gasteiger partial charge in [-0.1, -0.05) is 0 Å². The zero-order chi connectivity index (χ0) is 9.14. The van der Waals surface area contributed by atoms with Gasteiger partial charge in [0.25, 0.3) is 0 Å². The highest BCUT2D eigenvalue weighted by Crippen LogP contribution is 1.96. The zero-order valence-corrected chi connectivity index (χ0v) is 7.02. The highest BCUT2D eigenvalue weighted by Gasteiger charge is 2.00. The molecule has 0 aromatic carbocycles. The number of carbonyl (C=O) groups is 1. The normalized spacial score (nSPS) is 10.8. The first kappa shape index (κ1) is 8.52. The van der Waals surface area contributed by atoms with Crippen LogP contribution in [-0.2, 0) is 18.9 Å². The summed E-state index contributed by atoms with van der Waals surface area (Å²) in [6, 6.07) is 0. The Bertz CT molecular complexity index is 371. The van der Waals surface area contributed by atoms with E-state index in [-0.39, 0.29) is 5.69 Å². The molecule has 1 rings (SSSR count). The van der Waals surface area contributed by atoms with Crippen LogP contribution in [0.1, 0.15) is 5.69 Å². The van der Waals surface area contributed by atoms with Gasteiger partial charge in [0, 0.05) is 20.3 Å². The van der Waals surface area contributed by atoms with Gasteiger partial charge in [0.05, 0.1) is 5.69 Å². The molecule has 64 valence electrons. The Hall–Kier alpha value is -1.58. The van der Waals surface area contributed by atoms with Crippen LogP contribution in [0.3, 0.4) is 0 Å².